The molecule has 0 aliphatic rings. The second-order valence-electron chi connectivity index (χ2n) is 4.55. The van der Waals surface area contributed by atoms with Gasteiger partial charge in [-0.3, -0.25) is 4.99 Å². The van der Waals surface area contributed by atoms with E-state index in [1.807, 2.05) is 18.9 Å². The molecule has 0 fully saturated rings. The van der Waals surface area contributed by atoms with E-state index in [9.17, 15) is 8.78 Å². The zero-order valence-electron chi connectivity index (χ0n) is 13.2. The third-order valence-electron chi connectivity index (χ3n) is 2.88. The number of aliphatic imine (C=N–C) groups is 1. The highest BCUT2D eigenvalue weighted by atomic mass is 19.3. The maximum Gasteiger partial charge on any atom is 0.387 e. The molecule has 7 heteroatoms. The van der Waals surface area contributed by atoms with Gasteiger partial charge in [0.1, 0.15) is 5.75 Å². The summed E-state index contributed by atoms with van der Waals surface area (Å²) in [4.78, 5) is 6.13. The minimum Gasteiger partial charge on any atom is -0.435 e. The van der Waals surface area contributed by atoms with E-state index in [1.54, 1.807) is 19.2 Å². The molecule has 1 rings (SSSR count). The Kier molecular flexibility index (Phi) is 8.21. The zero-order valence-corrected chi connectivity index (χ0v) is 13.2. The fourth-order valence-corrected chi connectivity index (χ4v) is 1.89. The van der Waals surface area contributed by atoms with Gasteiger partial charge in [-0.05, 0) is 24.6 Å². The Labute approximate surface area is 129 Å². The Morgan fingerprint density at radius 3 is 2.55 bits per heavy atom. The van der Waals surface area contributed by atoms with Crippen LogP contribution in [0.5, 0.6) is 5.75 Å². The molecule has 124 valence electrons. The summed E-state index contributed by atoms with van der Waals surface area (Å²) in [5.74, 6) is 0.897. The van der Waals surface area contributed by atoms with Crippen molar-refractivity contribution in [3.8, 4) is 5.75 Å². The van der Waals surface area contributed by atoms with Crippen molar-refractivity contribution < 1.29 is 18.3 Å². The number of ether oxygens (including phenoxy) is 2. The van der Waals surface area contributed by atoms with Crippen molar-refractivity contribution in [3.63, 3.8) is 0 Å². The van der Waals surface area contributed by atoms with E-state index in [2.05, 4.69) is 15.0 Å². The third-order valence-corrected chi connectivity index (χ3v) is 2.88. The maximum absolute atomic E-state index is 12.1. The Morgan fingerprint density at radius 2 is 2.00 bits per heavy atom. The number of alkyl halides is 2. The number of hydrogen-bond acceptors (Lipinski definition) is 3. The van der Waals surface area contributed by atoms with Crippen LogP contribution in [0.4, 0.5) is 8.78 Å². The molecular formula is C15H23F2N3O2. The van der Waals surface area contributed by atoms with E-state index in [-0.39, 0.29) is 5.75 Å². The van der Waals surface area contributed by atoms with Crippen molar-refractivity contribution >= 4 is 5.96 Å². The molecule has 0 aromatic heterocycles. The first kappa shape index (κ1) is 18.2. The van der Waals surface area contributed by atoms with Crippen LogP contribution in [0.3, 0.4) is 0 Å². The monoisotopic (exact) mass is 315 g/mol. The second kappa shape index (κ2) is 9.94. The van der Waals surface area contributed by atoms with Gasteiger partial charge in [-0.25, -0.2) is 0 Å². The van der Waals surface area contributed by atoms with E-state index in [4.69, 9.17) is 4.74 Å². The van der Waals surface area contributed by atoms with Crippen LogP contribution in [0.15, 0.2) is 29.3 Å². The van der Waals surface area contributed by atoms with E-state index in [0.717, 1.165) is 11.5 Å². The fourth-order valence-electron chi connectivity index (χ4n) is 1.89. The predicted molar refractivity (Wildman–Crippen MR) is 82.4 cm³/mol. The van der Waals surface area contributed by atoms with Crippen LogP contribution >= 0.6 is 0 Å². The molecule has 1 aromatic carbocycles. The van der Waals surface area contributed by atoms with E-state index in [0.29, 0.717) is 26.3 Å². The van der Waals surface area contributed by atoms with Gasteiger partial charge in [0, 0.05) is 33.8 Å². The van der Waals surface area contributed by atoms with Crippen LogP contribution < -0.4 is 10.1 Å². The Hall–Kier alpha value is -1.89. The van der Waals surface area contributed by atoms with Gasteiger partial charge in [-0.15, -0.1) is 0 Å². The summed E-state index contributed by atoms with van der Waals surface area (Å²) in [7, 11) is 3.61. The van der Waals surface area contributed by atoms with Crippen molar-refractivity contribution in [2.75, 3.05) is 33.9 Å². The molecule has 0 atom stereocenters. The molecule has 0 saturated carbocycles. The smallest absolute Gasteiger partial charge is 0.387 e. The maximum atomic E-state index is 12.1. The number of nitrogens with zero attached hydrogens (tertiary/aromatic N) is 2. The van der Waals surface area contributed by atoms with Crippen LogP contribution in [0, 0.1) is 0 Å². The molecule has 0 aliphatic carbocycles. The lowest BCUT2D eigenvalue weighted by atomic mass is 10.2. The van der Waals surface area contributed by atoms with Gasteiger partial charge in [0.15, 0.2) is 5.96 Å². The summed E-state index contributed by atoms with van der Waals surface area (Å²) >= 11 is 0. The van der Waals surface area contributed by atoms with Gasteiger partial charge in [0.05, 0.1) is 6.61 Å². The Bertz CT molecular complexity index is 453. The molecule has 0 radical (unpaired) electrons. The van der Waals surface area contributed by atoms with Gasteiger partial charge in [-0.1, -0.05) is 12.1 Å². The quantitative estimate of drug-likeness (QED) is 0.454. The van der Waals surface area contributed by atoms with Crippen LogP contribution in [-0.2, 0) is 11.3 Å². The first-order chi connectivity index (χ1) is 10.6. The summed E-state index contributed by atoms with van der Waals surface area (Å²) in [5, 5.41) is 3.19. The molecule has 22 heavy (non-hydrogen) atoms. The van der Waals surface area contributed by atoms with E-state index >= 15 is 0 Å². The van der Waals surface area contributed by atoms with Gasteiger partial charge in [0.2, 0.25) is 0 Å². The lowest BCUT2D eigenvalue weighted by Crippen LogP contribution is -2.39. The lowest BCUT2D eigenvalue weighted by Gasteiger charge is -2.22. The minimum atomic E-state index is -2.80. The topological polar surface area (TPSA) is 46.1 Å². The summed E-state index contributed by atoms with van der Waals surface area (Å²) < 4.78 is 33.8. The van der Waals surface area contributed by atoms with E-state index in [1.165, 1.54) is 12.1 Å². The molecule has 0 heterocycles. The van der Waals surface area contributed by atoms with Gasteiger partial charge in [0.25, 0.3) is 0 Å². The average molecular weight is 315 g/mol. The molecule has 1 N–H and O–H groups in total. The minimum absolute atomic E-state index is 0.153. The van der Waals surface area contributed by atoms with Crippen molar-refractivity contribution in [3.05, 3.63) is 29.8 Å². The normalized spacial score (nSPS) is 11.6. The average Bonchev–Trinajstić information content (AvgIpc) is 2.49. The first-order valence-electron chi connectivity index (χ1n) is 7.10. The van der Waals surface area contributed by atoms with Crippen LogP contribution in [0.1, 0.15) is 12.5 Å². The number of halogens is 2. The molecule has 0 unspecified atom stereocenters. The highest BCUT2D eigenvalue weighted by molar-refractivity contribution is 5.79. The third kappa shape index (κ3) is 6.71. The number of hydrogen-bond donors (Lipinski definition) is 1. The number of benzene rings is 1. The summed E-state index contributed by atoms with van der Waals surface area (Å²) in [6.07, 6.45) is 0. The Balaban J connectivity index is 2.49. The predicted octanol–water partition coefficient (Wildman–Crippen LogP) is 2.33. The van der Waals surface area contributed by atoms with Gasteiger partial charge < -0.3 is 19.7 Å². The first-order valence-corrected chi connectivity index (χ1v) is 7.10. The zero-order chi connectivity index (χ0) is 16.4. The number of rotatable bonds is 8. The summed E-state index contributed by atoms with van der Waals surface area (Å²) in [6, 6.07) is 6.56. The van der Waals surface area contributed by atoms with Crippen molar-refractivity contribution in [1.29, 1.82) is 0 Å². The van der Waals surface area contributed by atoms with Crippen LogP contribution in [0.2, 0.25) is 0 Å². The van der Waals surface area contributed by atoms with E-state index < -0.39 is 6.61 Å². The summed E-state index contributed by atoms with van der Waals surface area (Å²) in [6.45, 7) is 1.71. The SMILES string of the molecule is CCOCCNC(=NC)N(C)Cc1ccc(OC(F)F)cc1. The highest BCUT2D eigenvalue weighted by Gasteiger charge is 2.07. The molecule has 1 aromatic rings. The lowest BCUT2D eigenvalue weighted by molar-refractivity contribution is -0.0498. The molecule has 0 bridgehead atoms. The van der Waals surface area contributed by atoms with Crippen molar-refractivity contribution in [2.24, 2.45) is 4.99 Å². The second-order valence-corrected chi connectivity index (χ2v) is 4.55. The number of guanidine groups is 1. The largest absolute Gasteiger partial charge is 0.435 e. The van der Waals surface area contributed by atoms with Crippen molar-refractivity contribution in [2.45, 2.75) is 20.1 Å². The standard InChI is InChI=1S/C15H23F2N3O2/c1-4-21-10-9-19-15(18-2)20(3)11-12-5-7-13(8-6-12)22-14(16)17/h5-8,14H,4,9-11H2,1-3H3,(H,18,19). The van der Waals surface area contributed by atoms with Crippen LogP contribution in [0.25, 0.3) is 0 Å². The van der Waals surface area contributed by atoms with Crippen LogP contribution in [-0.4, -0.2) is 51.3 Å². The Morgan fingerprint density at radius 1 is 1.32 bits per heavy atom. The highest BCUT2D eigenvalue weighted by Crippen LogP contribution is 2.15. The molecule has 0 saturated heterocycles. The number of nitrogens with one attached hydrogen (secondary N) is 1. The molecular weight excluding hydrogens is 292 g/mol. The molecule has 5 nitrogen and oxygen atoms in total. The molecule has 0 amide bonds. The molecule has 0 aliphatic heterocycles. The molecule has 0 spiro atoms. The van der Waals surface area contributed by atoms with Gasteiger partial charge in [-0.2, -0.15) is 8.78 Å². The summed E-state index contributed by atoms with van der Waals surface area (Å²) in [5.41, 5.74) is 0.969. The fraction of sp³-hybridized carbons (Fsp3) is 0.533. The van der Waals surface area contributed by atoms with Gasteiger partial charge >= 0.3 is 6.61 Å². The van der Waals surface area contributed by atoms with Crippen molar-refractivity contribution in [1.82, 2.24) is 10.2 Å².